The Labute approximate surface area is 88.4 Å². The van der Waals surface area contributed by atoms with Gasteiger partial charge in [-0.15, -0.1) is 0 Å². The van der Waals surface area contributed by atoms with Gasteiger partial charge in [0.1, 0.15) is 5.82 Å². The Morgan fingerprint density at radius 3 is 3.00 bits per heavy atom. The van der Waals surface area contributed by atoms with Crippen molar-refractivity contribution >= 4 is 5.57 Å². The van der Waals surface area contributed by atoms with Crippen LogP contribution in [0.3, 0.4) is 0 Å². The maximum atomic E-state index is 13.1. The van der Waals surface area contributed by atoms with E-state index in [1.807, 2.05) is 0 Å². The molecule has 2 nitrogen and oxygen atoms in total. The van der Waals surface area contributed by atoms with Crippen molar-refractivity contribution in [3.63, 3.8) is 0 Å². The van der Waals surface area contributed by atoms with Gasteiger partial charge >= 0.3 is 0 Å². The maximum Gasteiger partial charge on any atom is 0.142 e. The van der Waals surface area contributed by atoms with Crippen LogP contribution in [0.5, 0.6) is 0 Å². The minimum atomic E-state index is -0.251. The fourth-order valence-corrected chi connectivity index (χ4v) is 2.75. The van der Waals surface area contributed by atoms with Gasteiger partial charge in [0.2, 0.25) is 0 Å². The van der Waals surface area contributed by atoms with Crippen LogP contribution in [0.15, 0.2) is 24.5 Å². The summed E-state index contributed by atoms with van der Waals surface area (Å²) in [6.07, 6.45) is 6.47. The number of aromatic nitrogens is 1. The van der Waals surface area contributed by atoms with E-state index >= 15 is 0 Å². The molecule has 1 aromatic heterocycles. The third-order valence-corrected chi connectivity index (χ3v) is 3.39. The number of hydrogen-bond donors (Lipinski definition) is 0. The van der Waals surface area contributed by atoms with Crippen LogP contribution < -0.4 is 0 Å². The van der Waals surface area contributed by atoms with Gasteiger partial charge in [0, 0.05) is 24.3 Å². The van der Waals surface area contributed by atoms with Gasteiger partial charge in [-0.1, -0.05) is 6.08 Å². The summed E-state index contributed by atoms with van der Waals surface area (Å²) in [5, 5.41) is 0. The second-order valence-corrected chi connectivity index (χ2v) is 4.46. The zero-order chi connectivity index (χ0) is 10.4. The molecule has 3 rings (SSSR count). The molecule has 1 saturated heterocycles. The highest BCUT2D eigenvalue weighted by Crippen LogP contribution is 2.40. The van der Waals surface area contributed by atoms with Gasteiger partial charge in [-0.05, 0) is 31.0 Å². The van der Waals surface area contributed by atoms with Crippen LogP contribution in [0.25, 0.3) is 5.57 Å². The summed E-state index contributed by atoms with van der Waals surface area (Å²) in [5.74, 6) is 0.400. The SMILES string of the molecule is CN1C[C@@H]2C=C(c3cncc(F)c3)[C@H]1C2. The fraction of sp³-hybridized carbons (Fsp3) is 0.417. The zero-order valence-corrected chi connectivity index (χ0v) is 8.65. The van der Waals surface area contributed by atoms with E-state index in [1.54, 1.807) is 12.3 Å². The molecule has 2 bridgehead atoms. The van der Waals surface area contributed by atoms with E-state index in [-0.39, 0.29) is 5.82 Å². The van der Waals surface area contributed by atoms with Crippen molar-refractivity contribution in [1.82, 2.24) is 9.88 Å². The summed E-state index contributed by atoms with van der Waals surface area (Å²) < 4.78 is 13.1. The van der Waals surface area contributed by atoms with Crippen LogP contribution in [-0.2, 0) is 0 Å². The van der Waals surface area contributed by atoms with E-state index in [4.69, 9.17) is 0 Å². The summed E-state index contributed by atoms with van der Waals surface area (Å²) >= 11 is 0. The van der Waals surface area contributed by atoms with Crippen LogP contribution in [0.1, 0.15) is 12.0 Å². The Balaban J connectivity index is 1.99. The predicted molar refractivity (Wildman–Crippen MR) is 56.7 cm³/mol. The van der Waals surface area contributed by atoms with Crippen molar-refractivity contribution in [2.24, 2.45) is 5.92 Å². The molecule has 0 unspecified atom stereocenters. The van der Waals surface area contributed by atoms with Crippen molar-refractivity contribution in [2.45, 2.75) is 12.5 Å². The molecule has 0 N–H and O–H groups in total. The van der Waals surface area contributed by atoms with Crippen LogP contribution in [0.4, 0.5) is 4.39 Å². The number of rotatable bonds is 1. The first-order valence-electron chi connectivity index (χ1n) is 5.27. The topological polar surface area (TPSA) is 16.1 Å². The Hall–Kier alpha value is -1.22. The number of likely N-dealkylation sites (tertiary alicyclic amines) is 1. The molecule has 1 aliphatic carbocycles. The first-order valence-corrected chi connectivity index (χ1v) is 5.27. The lowest BCUT2D eigenvalue weighted by molar-refractivity contribution is 0.353. The Morgan fingerprint density at radius 2 is 2.33 bits per heavy atom. The zero-order valence-electron chi connectivity index (χ0n) is 8.65. The highest BCUT2D eigenvalue weighted by molar-refractivity contribution is 5.72. The molecule has 15 heavy (non-hydrogen) atoms. The molecule has 0 spiro atoms. The number of likely N-dealkylation sites (N-methyl/N-ethyl adjacent to an activating group) is 1. The van der Waals surface area contributed by atoms with Gasteiger partial charge in [0.05, 0.1) is 6.20 Å². The number of nitrogens with zero attached hydrogens (tertiary/aromatic N) is 2. The molecule has 78 valence electrons. The van der Waals surface area contributed by atoms with Gasteiger partial charge in [-0.25, -0.2) is 4.39 Å². The molecule has 0 saturated carbocycles. The van der Waals surface area contributed by atoms with Crippen molar-refractivity contribution in [2.75, 3.05) is 13.6 Å². The maximum absolute atomic E-state index is 13.1. The van der Waals surface area contributed by atoms with Crippen molar-refractivity contribution in [3.8, 4) is 0 Å². The van der Waals surface area contributed by atoms with Crippen molar-refractivity contribution in [3.05, 3.63) is 35.9 Å². The molecule has 3 heteroatoms. The van der Waals surface area contributed by atoms with E-state index in [0.29, 0.717) is 12.0 Å². The van der Waals surface area contributed by atoms with E-state index in [0.717, 1.165) is 12.1 Å². The number of fused-ring (bicyclic) bond motifs is 2. The third-order valence-electron chi connectivity index (χ3n) is 3.39. The largest absolute Gasteiger partial charge is 0.299 e. The molecule has 0 amide bonds. The average molecular weight is 204 g/mol. The molecule has 2 aliphatic rings. The lowest BCUT2D eigenvalue weighted by Gasteiger charge is -2.23. The average Bonchev–Trinajstić information content (AvgIpc) is 2.76. The van der Waals surface area contributed by atoms with Gasteiger partial charge in [-0.2, -0.15) is 0 Å². The van der Waals surface area contributed by atoms with E-state index in [1.165, 1.54) is 18.2 Å². The number of hydrogen-bond acceptors (Lipinski definition) is 2. The Bertz CT molecular complexity index is 427. The molecule has 2 atom stereocenters. The molecular weight excluding hydrogens is 191 g/mol. The van der Waals surface area contributed by atoms with Crippen molar-refractivity contribution < 1.29 is 4.39 Å². The number of pyridine rings is 1. The summed E-state index contributed by atoms with van der Waals surface area (Å²) in [5.41, 5.74) is 2.19. The van der Waals surface area contributed by atoms with Crippen molar-refractivity contribution in [1.29, 1.82) is 0 Å². The normalized spacial score (nSPS) is 29.6. The molecule has 0 radical (unpaired) electrons. The molecule has 1 aromatic rings. The Morgan fingerprint density at radius 1 is 1.47 bits per heavy atom. The lowest BCUT2D eigenvalue weighted by atomic mass is 10.0. The monoisotopic (exact) mass is 204 g/mol. The van der Waals surface area contributed by atoms with Gasteiger partial charge < -0.3 is 0 Å². The second kappa shape index (κ2) is 3.14. The van der Waals surface area contributed by atoms with Gasteiger partial charge in [0.25, 0.3) is 0 Å². The standard InChI is InChI=1S/C12H13FN2/c1-15-7-8-2-11(12(15)3-8)9-4-10(13)6-14-5-9/h2,4-6,8,12H,3,7H2,1H3/t8-,12-/m1/s1. The van der Waals surface area contributed by atoms with Gasteiger partial charge in [0.15, 0.2) is 0 Å². The van der Waals surface area contributed by atoms with E-state index in [2.05, 4.69) is 23.0 Å². The quantitative estimate of drug-likeness (QED) is 0.695. The summed E-state index contributed by atoms with van der Waals surface area (Å²) in [4.78, 5) is 6.24. The van der Waals surface area contributed by atoms with Crippen LogP contribution in [0.2, 0.25) is 0 Å². The molecule has 0 aromatic carbocycles. The fourth-order valence-electron chi connectivity index (χ4n) is 2.75. The highest BCUT2D eigenvalue weighted by atomic mass is 19.1. The molecule has 1 aliphatic heterocycles. The second-order valence-electron chi connectivity index (χ2n) is 4.46. The smallest absolute Gasteiger partial charge is 0.142 e. The molecule has 1 fully saturated rings. The third kappa shape index (κ3) is 1.38. The predicted octanol–water partition coefficient (Wildman–Crippen LogP) is 1.94. The Kier molecular flexibility index (Phi) is 1.89. The van der Waals surface area contributed by atoms with Gasteiger partial charge in [-0.3, -0.25) is 9.88 Å². The lowest BCUT2D eigenvalue weighted by Crippen LogP contribution is -2.28. The minimum Gasteiger partial charge on any atom is -0.299 e. The molecule has 2 heterocycles. The van der Waals surface area contributed by atoms with Crippen LogP contribution in [-0.4, -0.2) is 29.5 Å². The summed E-state index contributed by atoms with van der Waals surface area (Å²) in [6.45, 7) is 1.14. The number of halogens is 1. The van der Waals surface area contributed by atoms with Crippen LogP contribution >= 0.6 is 0 Å². The first kappa shape index (κ1) is 9.04. The minimum absolute atomic E-state index is 0.251. The van der Waals surface area contributed by atoms with E-state index < -0.39 is 0 Å². The first-order chi connectivity index (χ1) is 7.24. The van der Waals surface area contributed by atoms with E-state index in [9.17, 15) is 4.39 Å². The summed E-state index contributed by atoms with van der Waals surface area (Å²) in [7, 11) is 2.13. The highest BCUT2D eigenvalue weighted by Gasteiger charge is 2.37. The summed E-state index contributed by atoms with van der Waals surface area (Å²) in [6, 6.07) is 2.05. The molecular formula is C12H13FN2. The van der Waals surface area contributed by atoms with Crippen LogP contribution in [0, 0.1) is 11.7 Å².